The first-order valence-corrected chi connectivity index (χ1v) is 23.7. The molecule has 62 heavy (non-hydrogen) atoms. The van der Waals surface area contributed by atoms with E-state index in [1.54, 1.807) is 6.08 Å². The summed E-state index contributed by atoms with van der Waals surface area (Å²) in [4.78, 5) is 25.3. The minimum Gasteiger partial charge on any atom is -0.461 e. The zero-order valence-corrected chi connectivity index (χ0v) is 37.7. The van der Waals surface area contributed by atoms with E-state index in [4.69, 9.17) is 18.9 Å². The van der Waals surface area contributed by atoms with Crippen LogP contribution in [0.1, 0.15) is 117 Å². The molecule has 4 N–H and O–H groups in total. The van der Waals surface area contributed by atoms with Crippen LogP contribution in [0, 0.1) is 0 Å². The first kappa shape index (κ1) is 56.1. The van der Waals surface area contributed by atoms with Crippen molar-refractivity contribution in [3.8, 4) is 0 Å². The summed E-state index contributed by atoms with van der Waals surface area (Å²) in [5.74, 6) is -2.21. The van der Waals surface area contributed by atoms with Crippen molar-refractivity contribution >= 4 is 22.1 Å². The van der Waals surface area contributed by atoms with Crippen molar-refractivity contribution in [2.75, 3.05) is 19.0 Å². The molecule has 12 nitrogen and oxygen atoms in total. The van der Waals surface area contributed by atoms with E-state index < -0.39 is 71.2 Å². The van der Waals surface area contributed by atoms with Crippen molar-refractivity contribution in [3.63, 3.8) is 0 Å². The molecule has 6 atom stereocenters. The number of ether oxygens (including phenoxy) is 4. The van der Waals surface area contributed by atoms with E-state index in [-0.39, 0.29) is 19.4 Å². The molecule has 1 heterocycles. The second kappa shape index (κ2) is 37.6. The molecule has 1 aliphatic heterocycles. The zero-order valence-electron chi connectivity index (χ0n) is 36.9. The molecule has 348 valence electrons. The largest absolute Gasteiger partial charge is 0.461 e. The van der Waals surface area contributed by atoms with Gasteiger partial charge in [-0.1, -0.05) is 142 Å². The molecular weight excluding hydrogens is 813 g/mol. The Morgan fingerprint density at radius 3 is 1.48 bits per heavy atom. The lowest BCUT2D eigenvalue weighted by molar-refractivity contribution is -0.297. The number of unbranched alkanes of at least 4 members (excludes halogenated alkanes) is 3. The molecule has 1 saturated heterocycles. The Bertz CT molecular complexity index is 1600. The van der Waals surface area contributed by atoms with Crippen molar-refractivity contribution in [3.05, 3.63) is 122 Å². The molecule has 0 spiro atoms. The van der Waals surface area contributed by atoms with Crippen LogP contribution < -0.4 is 0 Å². The van der Waals surface area contributed by atoms with Crippen LogP contribution in [0.5, 0.6) is 0 Å². The molecule has 6 unspecified atom stereocenters. The number of rotatable bonds is 34. The van der Waals surface area contributed by atoms with Gasteiger partial charge < -0.3 is 34.3 Å². The fraction of sp³-hybridized carbons (Fsp3) is 0.551. The fourth-order valence-electron chi connectivity index (χ4n) is 5.71. The summed E-state index contributed by atoms with van der Waals surface area (Å²) in [6, 6.07) is 0. The molecular formula is C49H74O12S. The fourth-order valence-corrected chi connectivity index (χ4v) is 6.41. The van der Waals surface area contributed by atoms with Crippen LogP contribution in [0.4, 0.5) is 0 Å². The maximum Gasteiger partial charge on any atom is 0.309 e. The Labute approximate surface area is 371 Å². The number of allylic oxidation sites excluding steroid dienone is 19. The highest BCUT2D eigenvalue weighted by Crippen LogP contribution is 2.23. The second-order valence-corrected chi connectivity index (χ2v) is 16.1. The highest BCUT2D eigenvalue weighted by atomic mass is 32.2. The van der Waals surface area contributed by atoms with Crippen molar-refractivity contribution < 1.29 is 56.8 Å². The van der Waals surface area contributed by atoms with Crippen molar-refractivity contribution in [1.82, 2.24) is 0 Å². The molecule has 0 aromatic heterocycles. The van der Waals surface area contributed by atoms with Gasteiger partial charge in [0.05, 0.1) is 13.0 Å². The average molecular weight is 887 g/mol. The number of carbonyl (C=O) groups excluding carboxylic acids is 2. The lowest BCUT2D eigenvalue weighted by Crippen LogP contribution is -2.60. The molecule has 13 heteroatoms. The number of aliphatic hydroxyl groups is 3. The Morgan fingerprint density at radius 2 is 1.02 bits per heavy atom. The zero-order chi connectivity index (χ0) is 45.5. The topological polar surface area (TPSA) is 186 Å². The molecule has 0 saturated carbocycles. The normalized spacial score (nSPS) is 21.0. The summed E-state index contributed by atoms with van der Waals surface area (Å²) in [5.41, 5.74) is 0. The monoisotopic (exact) mass is 886 g/mol. The Hall–Kier alpha value is -3.95. The van der Waals surface area contributed by atoms with E-state index in [0.717, 1.165) is 77.0 Å². The van der Waals surface area contributed by atoms with E-state index in [0.29, 0.717) is 12.8 Å². The molecule has 0 amide bonds. The average Bonchev–Trinajstić information content (AvgIpc) is 3.24. The van der Waals surface area contributed by atoms with Crippen LogP contribution >= 0.6 is 0 Å². The standard InChI is InChI=1S/C49H74O12S/c1-3-5-7-9-11-13-15-17-19-20-21-22-24-26-28-30-32-34-36-38-45(51)60-42(40-59-49-48(54)47(53)46(52)43(61-49)41-62(55,56)57)39-58-44(50)37-35-33-31-29-27-25-23-18-16-14-12-10-8-6-4-2/h5-8,11-14,17-19,21-23,26-29,33,35,42-43,46-49,52-54H,3-4,9-10,15-16,20,24-25,30-32,34,36-41H2,1-2H3,(H,55,56,57)/b7-5-,8-6-,13-11-,14-12-,19-17-,22-21-,23-18-,28-26-,29-27-,35-33-. The molecule has 1 rings (SSSR count). The predicted octanol–water partition coefficient (Wildman–Crippen LogP) is 9.00. The summed E-state index contributed by atoms with van der Waals surface area (Å²) in [5, 5.41) is 30.9. The Balaban J connectivity index is 2.55. The molecule has 0 bridgehead atoms. The minimum atomic E-state index is -4.62. The predicted molar refractivity (Wildman–Crippen MR) is 247 cm³/mol. The molecule has 0 aromatic rings. The van der Waals surface area contributed by atoms with Crippen LogP contribution in [0.15, 0.2) is 122 Å². The number of carbonyl (C=O) groups is 2. The maximum atomic E-state index is 12.8. The van der Waals surface area contributed by atoms with Crippen LogP contribution in [-0.4, -0.2) is 96.0 Å². The van der Waals surface area contributed by atoms with E-state index in [1.165, 1.54) is 0 Å². The van der Waals surface area contributed by atoms with Crippen molar-refractivity contribution in [2.45, 2.75) is 153 Å². The van der Waals surface area contributed by atoms with Crippen LogP contribution in [0.2, 0.25) is 0 Å². The van der Waals surface area contributed by atoms with Crippen LogP contribution in [-0.2, 0) is 38.7 Å². The van der Waals surface area contributed by atoms with Gasteiger partial charge in [-0.15, -0.1) is 0 Å². The first-order valence-electron chi connectivity index (χ1n) is 22.1. The van der Waals surface area contributed by atoms with Gasteiger partial charge in [0.15, 0.2) is 12.4 Å². The third-order valence-corrected chi connectivity index (χ3v) is 9.82. The molecule has 0 aliphatic carbocycles. The van der Waals surface area contributed by atoms with Crippen molar-refractivity contribution in [2.24, 2.45) is 0 Å². The van der Waals surface area contributed by atoms with Crippen molar-refractivity contribution in [1.29, 1.82) is 0 Å². The SMILES string of the molecule is CC/C=C\C/C=C\C/C=C\C/C=C\C/C=C\CCCCCC(=O)OC(COC(=O)C/C=C\C/C=C\C/C=C\C/C=C\C/C=C\CC)COC1OC(CS(=O)(=O)O)C(O)C(O)C1O. The Morgan fingerprint density at radius 1 is 0.565 bits per heavy atom. The smallest absolute Gasteiger partial charge is 0.309 e. The van der Waals surface area contributed by atoms with Gasteiger partial charge in [-0.25, -0.2) is 0 Å². The molecule has 1 aliphatic rings. The summed E-state index contributed by atoms with van der Waals surface area (Å²) in [7, 11) is -4.62. The quantitative estimate of drug-likeness (QED) is 0.0208. The van der Waals surface area contributed by atoms with Gasteiger partial charge in [-0.05, 0) is 83.5 Å². The van der Waals surface area contributed by atoms with Gasteiger partial charge in [0.2, 0.25) is 0 Å². The highest BCUT2D eigenvalue weighted by molar-refractivity contribution is 7.85. The van der Waals surface area contributed by atoms with Gasteiger partial charge in [-0.2, -0.15) is 8.42 Å². The number of esters is 2. The second-order valence-electron chi connectivity index (χ2n) is 14.6. The maximum absolute atomic E-state index is 12.8. The first-order chi connectivity index (χ1) is 30.0. The number of hydrogen-bond donors (Lipinski definition) is 4. The van der Waals surface area contributed by atoms with Gasteiger partial charge in [0, 0.05) is 6.42 Å². The molecule has 1 fully saturated rings. The molecule has 0 radical (unpaired) electrons. The summed E-state index contributed by atoms with van der Waals surface area (Å²) in [6.07, 6.45) is 44.1. The van der Waals surface area contributed by atoms with E-state index in [2.05, 4.69) is 111 Å². The van der Waals surface area contributed by atoms with E-state index in [9.17, 15) is 37.9 Å². The summed E-state index contributed by atoms with van der Waals surface area (Å²) < 4.78 is 53.9. The van der Waals surface area contributed by atoms with E-state index in [1.807, 2.05) is 18.2 Å². The van der Waals surface area contributed by atoms with Gasteiger partial charge in [-0.3, -0.25) is 14.1 Å². The highest BCUT2D eigenvalue weighted by Gasteiger charge is 2.46. The minimum absolute atomic E-state index is 0.0290. The van der Waals surface area contributed by atoms with Crippen LogP contribution in [0.3, 0.4) is 0 Å². The summed E-state index contributed by atoms with van der Waals surface area (Å²) >= 11 is 0. The third-order valence-electron chi connectivity index (χ3n) is 9.07. The van der Waals surface area contributed by atoms with Crippen LogP contribution in [0.25, 0.3) is 0 Å². The lowest BCUT2D eigenvalue weighted by atomic mass is 10.00. The van der Waals surface area contributed by atoms with E-state index >= 15 is 0 Å². The molecule has 0 aromatic carbocycles. The van der Waals surface area contributed by atoms with Gasteiger partial charge >= 0.3 is 11.9 Å². The number of hydrogen-bond acceptors (Lipinski definition) is 11. The Kier molecular flexibility index (Phi) is 34.0. The summed E-state index contributed by atoms with van der Waals surface area (Å²) in [6.45, 7) is 3.39. The number of aliphatic hydroxyl groups excluding tert-OH is 3. The third kappa shape index (κ3) is 31.8. The lowest BCUT2D eigenvalue weighted by Gasteiger charge is -2.40. The van der Waals surface area contributed by atoms with Gasteiger partial charge in [0.25, 0.3) is 10.1 Å². The van der Waals surface area contributed by atoms with Gasteiger partial charge in [0.1, 0.15) is 36.8 Å².